The van der Waals surface area contributed by atoms with Crippen LogP contribution in [0.1, 0.15) is 30.9 Å². The van der Waals surface area contributed by atoms with Crippen LogP contribution in [0.25, 0.3) is 27.7 Å². The van der Waals surface area contributed by atoms with Crippen LogP contribution in [-0.2, 0) is 4.74 Å². The normalized spacial score (nSPS) is 15.1. The molecule has 1 saturated heterocycles. The lowest BCUT2D eigenvalue weighted by Crippen LogP contribution is -2.15. The highest BCUT2D eigenvalue weighted by Gasteiger charge is 2.20. The maximum absolute atomic E-state index is 5.90. The minimum absolute atomic E-state index is 0.532. The van der Waals surface area contributed by atoms with Crippen LogP contribution < -0.4 is 4.74 Å². The first kappa shape index (κ1) is 21.0. The first-order valence-electron chi connectivity index (χ1n) is 11.5. The Labute approximate surface area is 189 Å². The van der Waals surface area contributed by atoms with Gasteiger partial charge in [-0.05, 0) is 80.9 Å². The number of benzene rings is 2. The molecule has 0 radical (unpaired) electrons. The fraction of sp³-hybridized carbons (Fsp3) is 0.370. The van der Waals surface area contributed by atoms with E-state index in [0.29, 0.717) is 5.92 Å². The molecule has 2 aromatic heterocycles. The van der Waals surface area contributed by atoms with E-state index in [0.717, 1.165) is 67.9 Å². The lowest BCUT2D eigenvalue weighted by Gasteiger charge is -2.22. The average molecular weight is 430 g/mol. The zero-order valence-corrected chi connectivity index (χ0v) is 19.0. The quantitative estimate of drug-likeness (QED) is 0.370. The van der Waals surface area contributed by atoms with Gasteiger partial charge in [-0.1, -0.05) is 18.2 Å². The van der Waals surface area contributed by atoms with E-state index >= 15 is 0 Å². The molecular weight excluding hydrogens is 398 g/mol. The third-order valence-corrected chi connectivity index (χ3v) is 6.34. The summed E-state index contributed by atoms with van der Waals surface area (Å²) in [5, 5.41) is 0. The van der Waals surface area contributed by atoms with E-state index in [1.54, 1.807) is 0 Å². The molecule has 1 fully saturated rings. The van der Waals surface area contributed by atoms with Gasteiger partial charge in [0.15, 0.2) is 0 Å². The monoisotopic (exact) mass is 429 g/mol. The largest absolute Gasteiger partial charge is 0.494 e. The highest BCUT2D eigenvalue weighted by Crippen LogP contribution is 2.32. The van der Waals surface area contributed by atoms with Gasteiger partial charge in [-0.25, -0.2) is 0 Å². The van der Waals surface area contributed by atoms with Crippen LogP contribution in [0.2, 0.25) is 0 Å². The van der Waals surface area contributed by atoms with Gasteiger partial charge in [-0.2, -0.15) is 0 Å². The summed E-state index contributed by atoms with van der Waals surface area (Å²) in [4.78, 5) is 6.88. The predicted molar refractivity (Wildman–Crippen MR) is 130 cm³/mol. The van der Waals surface area contributed by atoms with Gasteiger partial charge in [0.25, 0.3) is 0 Å². The van der Waals surface area contributed by atoms with Crippen LogP contribution in [-0.4, -0.2) is 54.7 Å². The Morgan fingerprint density at radius 1 is 1.00 bits per heavy atom. The molecule has 0 saturated carbocycles. The SMILES string of the molecule is CN(C)CCCOc1ccc(-c2ccc3ncc4ccc(C5CCOCC5)n4c3c2)cc1. The molecule has 2 aromatic carbocycles. The molecular formula is C27H31N3O2. The molecule has 0 unspecified atom stereocenters. The van der Waals surface area contributed by atoms with Crippen molar-refractivity contribution in [1.82, 2.24) is 14.3 Å². The molecule has 32 heavy (non-hydrogen) atoms. The van der Waals surface area contributed by atoms with Crippen molar-refractivity contribution in [1.29, 1.82) is 0 Å². The number of hydrogen-bond donors (Lipinski definition) is 0. The lowest BCUT2D eigenvalue weighted by atomic mass is 9.96. The summed E-state index contributed by atoms with van der Waals surface area (Å²) < 4.78 is 13.9. The molecule has 0 spiro atoms. The second kappa shape index (κ2) is 9.31. The molecule has 0 N–H and O–H groups in total. The van der Waals surface area contributed by atoms with Crippen molar-refractivity contribution >= 4 is 16.6 Å². The second-order valence-electron chi connectivity index (χ2n) is 8.90. The van der Waals surface area contributed by atoms with E-state index in [9.17, 15) is 0 Å². The van der Waals surface area contributed by atoms with Crippen LogP contribution in [0.4, 0.5) is 0 Å². The molecule has 5 heteroatoms. The van der Waals surface area contributed by atoms with Crippen molar-refractivity contribution in [3.8, 4) is 16.9 Å². The van der Waals surface area contributed by atoms with Crippen molar-refractivity contribution in [2.24, 2.45) is 0 Å². The number of nitrogens with zero attached hydrogens (tertiary/aromatic N) is 3. The van der Waals surface area contributed by atoms with Gasteiger partial charge in [0.05, 0.1) is 29.4 Å². The van der Waals surface area contributed by atoms with Gasteiger partial charge >= 0.3 is 0 Å². The number of aromatic nitrogens is 2. The molecule has 3 heterocycles. The number of fused-ring (bicyclic) bond motifs is 3. The lowest BCUT2D eigenvalue weighted by molar-refractivity contribution is 0.0844. The Balaban J connectivity index is 1.43. The Morgan fingerprint density at radius 3 is 2.56 bits per heavy atom. The molecule has 0 atom stereocenters. The van der Waals surface area contributed by atoms with Crippen LogP contribution in [0.5, 0.6) is 5.75 Å². The summed E-state index contributed by atoms with van der Waals surface area (Å²) in [5.74, 6) is 1.45. The van der Waals surface area contributed by atoms with Gasteiger partial charge < -0.3 is 18.8 Å². The van der Waals surface area contributed by atoms with Crippen molar-refractivity contribution in [2.75, 3.05) is 40.5 Å². The van der Waals surface area contributed by atoms with Crippen LogP contribution >= 0.6 is 0 Å². The molecule has 1 aliphatic rings. The van der Waals surface area contributed by atoms with Crippen molar-refractivity contribution in [3.63, 3.8) is 0 Å². The fourth-order valence-electron chi connectivity index (χ4n) is 4.60. The highest BCUT2D eigenvalue weighted by atomic mass is 16.5. The summed E-state index contributed by atoms with van der Waals surface area (Å²) in [6.07, 6.45) is 5.15. The zero-order chi connectivity index (χ0) is 21.9. The van der Waals surface area contributed by atoms with Gasteiger partial charge in [0.2, 0.25) is 0 Å². The number of ether oxygens (including phenoxy) is 2. The minimum Gasteiger partial charge on any atom is -0.494 e. The van der Waals surface area contributed by atoms with Gasteiger partial charge in [0, 0.05) is 31.4 Å². The smallest absolute Gasteiger partial charge is 0.119 e. The van der Waals surface area contributed by atoms with Crippen molar-refractivity contribution in [3.05, 3.63) is 66.5 Å². The Morgan fingerprint density at radius 2 is 1.78 bits per heavy atom. The molecule has 0 amide bonds. The predicted octanol–water partition coefficient (Wildman–Crippen LogP) is 5.38. The van der Waals surface area contributed by atoms with Gasteiger partial charge in [-0.3, -0.25) is 4.98 Å². The number of hydrogen-bond acceptors (Lipinski definition) is 4. The van der Waals surface area contributed by atoms with Crippen LogP contribution in [0, 0.1) is 0 Å². The molecule has 5 nitrogen and oxygen atoms in total. The Hall–Kier alpha value is -2.89. The van der Waals surface area contributed by atoms with Gasteiger partial charge in [0.1, 0.15) is 5.75 Å². The van der Waals surface area contributed by atoms with Gasteiger partial charge in [-0.15, -0.1) is 0 Å². The first-order valence-corrected chi connectivity index (χ1v) is 11.5. The van der Waals surface area contributed by atoms with E-state index in [1.165, 1.54) is 16.8 Å². The van der Waals surface area contributed by atoms with E-state index in [4.69, 9.17) is 14.5 Å². The van der Waals surface area contributed by atoms with Crippen LogP contribution in [0.3, 0.4) is 0 Å². The molecule has 166 valence electrons. The van der Waals surface area contributed by atoms with E-state index in [2.05, 4.69) is 78.0 Å². The first-order chi connectivity index (χ1) is 15.7. The Kier molecular flexibility index (Phi) is 6.10. The topological polar surface area (TPSA) is 39.0 Å². The van der Waals surface area contributed by atoms with Crippen molar-refractivity contribution < 1.29 is 9.47 Å². The van der Waals surface area contributed by atoms with Crippen LogP contribution in [0.15, 0.2) is 60.8 Å². The molecule has 4 aromatic rings. The maximum Gasteiger partial charge on any atom is 0.119 e. The molecule has 0 aliphatic carbocycles. The van der Waals surface area contributed by atoms with E-state index < -0.39 is 0 Å². The molecule has 0 bridgehead atoms. The number of rotatable bonds is 7. The second-order valence-corrected chi connectivity index (χ2v) is 8.90. The maximum atomic E-state index is 5.90. The summed E-state index contributed by atoms with van der Waals surface area (Å²) >= 11 is 0. The van der Waals surface area contributed by atoms with E-state index in [-0.39, 0.29) is 0 Å². The zero-order valence-electron chi connectivity index (χ0n) is 19.0. The highest BCUT2D eigenvalue weighted by molar-refractivity contribution is 5.84. The van der Waals surface area contributed by atoms with E-state index in [1.807, 2.05) is 6.20 Å². The molecule has 1 aliphatic heterocycles. The standard InChI is InChI=1S/C27H31N3O2/c1-29(2)14-3-15-32-24-8-4-20(5-9-24)22-6-10-25-27(18-22)30-23(19-28-25)7-11-26(30)21-12-16-31-17-13-21/h4-11,18-19,21H,3,12-17H2,1-2H3. The fourth-order valence-corrected chi connectivity index (χ4v) is 4.60. The summed E-state index contributed by atoms with van der Waals surface area (Å²) in [5.41, 5.74) is 7.08. The summed E-state index contributed by atoms with van der Waals surface area (Å²) in [6, 6.07) is 19.4. The Bertz CT molecular complexity index is 1190. The van der Waals surface area contributed by atoms with Crippen molar-refractivity contribution in [2.45, 2.75) is 25.2 Å². The summed E-state index contributed by atoms with van der Waals surface area (Å²) in [6.45, 7) is 3.46. The average Bonchev–Trinajstić information content (AvgIpc) is 3.27. The third kappa shape index (κ3) is 4.36. The third-order valence-electron chi connectivity index (χ3n) is 6.34. The minimum atomic E-state index is 0.532. The summed E-state index contributed by atoms with van der Waals surface area (Å²) in [7, 11) is 4.17. The molecule has 5 rings (SSSR count).